The van der Waals surface area contributed by atoms with Crippen LogP contribution < -0.4 is 15.5 Å². The largest absolute Gasteiger partial charge is 0.483 e. The zero-order chi connectivity index (χ0) is 22.2. The van der Waals surface area contributed by atoms with E-state index in [1.54, 1.807) is 42.5 Å². The lowest BCUT2D eigenvalue weighted by Gasteiger charge is -2.12. The van der Waals surface area contributed by atoms with Crippen LogP contribution in [0.2, 0.25) is 0 Å². The van der Waals surface area contributed by atoms with Crippen LogP contribution in [0.25, 0.3) is 0 Å². The Bertz CT molecular complexity index is 1110. The summed E-state index contributed by atoms with van der Waals surface area (Å²) in [4.78, 5) is 24.2. The number of halogens is 1. The number of ether oxygens (including phenoxy) is 1. The van der Waals surface area contributed by atoms with Gasteiger partial charge in [0, 0.05) is 11.3 Å². The number of nitrogens with zero attached hydrogens (tertiary/aromatic N) is 1. The molecule has 6 nitrogen and oxygen atoms in total. The number of carbonyl (C=O) groups excluding carboxylic acids is 2. The lowest BCUT2D eigenvalue weighted by atomic mass is 10.1. The summed E-state index contributed by atoms with van der Waals surface area (Å²) < 4.78 is 6.29. The van der Waals surface area contributed by atoms with Crippen molar-refractivity contribution in [2.24, 2.45) is 5.10 Å². The molecule has 0 radical (unpaired) electrons. The van der Waals surface area contributed by atoms with Crippen molar-refractivity contribution in [2.45, 2.75) is 13.8 Å². The Hall–Kier alpha value is -3.45. The number of carbonyl (C=O) groups is 2. The highest BCUT2D eigenvalue weighted by Gasteiger charge is 2.09. The molecule has 158 valence electrons. The number of hydrazone groups is 1. The highest BCUT2D eigenvalue weighted by molar-refractivity contribution is 9.10. The van der Waals surface area contributed by atoms with Crippen LogP contribution in [0.3, 0.4) is 0 Å². The number of nitrogens with one attached hydrogen (secondary N) is 2. The molecule has 0 unspecified atom stereocenters. The average molecular weight is 480 g/mol. The monoisotopic (exact) mass is 479 g/mol. The summed E-state index contributed by atoms with van der Waals surface area (Å²) in [6, 6.07) is 19.9. The maximum Gasteiger partial charge on any atom is 0.271 e. The molecule has 3 rings (SSSR count). The van der Waals surface area contributed by atoms with E-state index in [-0.39, 0.29) is 18.4 Å². The van der Waals surface area contributed by atoms with Gasteiger partial charge >= 0.3 is 0 Å². The molecule has 3 aromatic rings. The molecule has 0 heterocycles. The maximum atomic E-state index is 12.2. The molecule has 0 aliphatic rings. The Balaban J connectivity index is 1.53. The standard InChI is InChI=1S/C24H22BrN3O3/c1-16-7-6-10-21(17(16)2)27-23(29)15-31-22-12-11-18(13-20(22)25)14-26-28-24(30)19-8-4-3-5-9-19/h3-14H,15H2,1-2H3,(H,27,29)(H,28,30)/b26-14+. The topological polar surface area (TPSA) is 79.8 Å². The van der Waals surface area contributed by atoms with Gasteiger partial charge < -0.3 is 10.1 Å². The summed E-state index contributed by atoms with van der Waals surface area (Å²) in [5, 5.41) is 6.84. The van der Waals surface area contributed by atoms with Crippen LogP contribution in [0.15, 0.2) is 76.3 Å². The van der Waals surface area contributed by atoms with Crippen LogP contribution in [-0.4, -0.2) is 24.6 Å². The van der Waals surface area contributed by atoms with E-state index < -0.39 is 0 Å². The Labute approximate surface area is 189 Å². The molecule has 31 heavy (non-hydrogen) atoms. The van der Waals surface area contributed by atoms with Crippen molar-refractivity contribution in [1.29, 1.82) is 0 Å². The molecular weight excluding hydrogens is 458 g/mol. The van der Waals surface area contributed by atoms with E-state index in [1.807, 2.05) is 38.1 Å². The fourth-order valence-corrected chi connectivity index (χ4v) is 3.26. The zero-order valence-electron chi connectivity index (χ0n) is 17.2. The molecule has 0 saturated carbocycles. The predicted octanol–water partition coefficient (Wildman–Crippen LogP) is 4.85. The van der Waals surface area contributed by atoms with Crippen molar-refractivity contribution in [3.63, 3.8) is 0 Å². The highest BCUT2D eigenvalue weighted by Crippen LogP contribution is 2.25. The van der Waals surface area contributed by atoms with Gasteiger partial charge in [-0.1, -0.05) is 30.3 Å². The SMILES string of the molecule is Cc1cccc(NC(=O)COc2ccc(/C=N/NC(=O)c3ccccc3)cc2Br)c1C. The van der Waals surface area contributed by atoms with Crippen LogP contribution >= 0.6 is 15.9 Å². The molecule has 2 N–H and O–H groups in total. The summed E-state index contributed by atoms with van der Waals surface area (Å²) in [6.45, 7) is 3.84. The van der Waals surface area contributed by atoms with Crippen molar-refractivity contribution >= 4 is 39.6 Å². The van der Waals surface area contributed by atoms with Gasteiger partial charge in [0.2, 0.25) is 0 Å². The molecular formula is C24H22BrN3O3. The van der Waals surface area contributed by atoms with Gasteiger partial charge in [-0.05, 0) is 82.9 Å². The normalized spacial score (nSPS) is 10.7. The summed E-state index contributed by atoms with van der Waals surface area (Å²) in [6.07, 6.45) is 1.53. The fourth-order valence-electron chi connectivity index (χ4n) is 2.75. The van der Waals surface area contributed by atoms with E-state index in [4.69, 9.17) is 4.74 Å². The molecule has 0 bridgehead atoms. The van der Waals surface area contributed by atoms with E-state index >= 15 is 0 Å². The van der Waals surface area contributed by atoms with Gasteiger partial charge in [-0.25, -0.2) is 5.43 Å². The number of hydrogen-bond acceptors (Lipinski definition) is 4. The van der Waals surface area contributed by atoms with Crippen LogP contribution in [-0.2, 0) is 4.79 Å². The second-order valence-corrected chi connectivity index (χ2v) is 7.69. The lowest BCUT2D eigenvalue weighted by Crippen LogP contribution is -2.21. The van der Waals surface area contributed by atoms with Crippen LogP contribution in [0, 0.1) is 13.8 Å². The van der Waals surface area contributed by atoms with E-state index in [9.17, 15) is 9.59 Å². The smallest absolute Gasteiger partial charge is 0.271 e. The second-order valence-electron chi connectivity index (χ2n) is 6.84. The third-order valence-corrected chi connectivity index (χ3v) is 5.23. The summed E-state index contributed by atoms with van der Waals surface area (Å²) in [7, 11) is 0. The van der Waals surface area contributed by atoms with Gasteiger partial charge in [0.15, 0.2) is 6.61 Å². The molecule has 7 heteroatoms. The van der Waals surface area contributed by atoms with Gasteiger partial charge in [-0.2, -0.15) is 5.10 Å². The van der Waals surface area contributed by atoms with Crippen molar-refractivity contribution < 1.29 is 14.3 Å². The number of rotatable bonds is 7. The third-order valence-electron chi connectivity index (χ3n) is 4.61. The molecule has 0 saturated heterocycles. The van der Waals surface area contributed by atoms with Gasteiger partial charge in [0.25, 0.3) is 11.8 Å². The molecule has 0 atom stereocenters. The average Bonchev–Trinajstić information content (AvgIpc) is 2.77. The summed E-state index contributed by atoms with van der Waals surface area (Å²) in [5.74, 6) is 0.00202. The number of hydrogen-bond donors (Lipinski definition) is 2. The Kier molecular flexibility index (Phi) is 7.56. The number of aryl methyl sites for hydroxylation is 1. The van der Waals surface area contributed by atoms with Crippen LogP contribution in [0.5, 0.6) is 5.75 Å². The first-order valence-corrected chi connectivity index (χ1v) is 10.4. The summed E-state index contributed by atoms with van der Waals surface area (Å²) >= 11 is 3.44. The predicted molar refractivity (Wildman–Crippen MR) is 126 cm³/mol. The lowest BCUT2D eigenvalue weighted by molar-refractivity contribution is -0.118. The first-order valence-electron chi connectivity index (χ1n) is 9.61. The van der Waals surface area contributed by atoms with Crippen molar-refractivity contribution in [2.75, 3.05) is 11.9 Å². The van der Waals surface area contributed by atoms with Crippen molar-refractivity contribution in [3.05, 3.63) is 93.5 Å². The zero-order valence-corrected chi connectivity index (χ0v) is 18.8. The Morgan fingerprint density at radius 1 is 1.03 bits per heavy atom. The molecule has 0 aliphatic carbocycles. The third kappa shape index (κ3) is 6.26. The van der Waals surface area contributed by atoms with Gasteiger partial charge in [0.05, 0.1) is 10.7 Å². The molecule has 3 aromatic carbocycles. The maximum absolute atomic E-state index is 12.2. The van der Waals surface area contributed by atoms with Gasteiger partial charge in [0.1, 0.15) is 5.75 Å². The van der Waals surface area contributed by atoms with E-state index in [0.29, 0.717) is 15.8 Å². The second kappa shape index (κ2) is 10.5. The quantitative estimate of drug-likeness (QED) is 0.375. The number of anilines is 1. The van der Waals surface area contributed by atoms with E-state index in [2.05, 4.69) is 31.8 Å². The van der Waals surface area contributed by atoms with Crippen molar-refractivity contribution in [1.82, 2.24) is 5.43 Å². The molecule has 2 amide bonds. The van der Waals surface area contributed by atoms with Gasteiger partial charge in [-0.3, -0.25) is 9.59 Å². The number of amides is 2. The Morgan fingerprint density at radius 2 is 1.81 bits per heavy atom. The number of benzene rings is 3. The van der Waals surface area contributed by atoms with Crippen molar-refractivity contribution in [3.8, 4) is 5.75 Å². The van der Waals surface area contributed by atoms with E-state index in [0.717, 1.165) is 22.4 Å². The van der Waals surface area contributed by atoms with Crippen LogP contribution in [0.4, 0.5) is 5.69 Å². The minimum Gasteiger partial charge on any atom is -0.483 e. The first kappa shape index (κ1) is 22.2. The fraction of sp³-hybridized carbons (Fsp3) is 0.125. The first-order chi connectivity index (χ1) is 14.9. The molecule has 0 aliphatic heterocycles. The minimum atomic E-state index is -0.286. The highest BCUT2D eigenvalue weighted by atomic mass is 79.9. The summed E-state index contributed by atoms with van der Waals surface area (Å²) in [5.41, 5.74) is 6.68. The van der Waals surface area contributed by atoms with E-state index in [1.165, 1.54) is 6.21 Å². The Morgan fingerprint density at radius 3 is 2.55 bits per heavy atom. The minimum absolute atomic E-state index is 0.119. The molecule has 0 spiro atoms. The van der Waals surface area contributed by atoms with Crippen LogP contribution in [0.1, 0.15) is 27.0 Å². The molecule has 0 fully saturated rings. The molecule has 0 aromatic heterocycles. The van der Waals surface area contributed by atoms with Gasteiger partial charge in [-0.15, -0.1) is 0 Å².